The number of hydrogen-bond donors (Lipinski definition) is 1. The second-order valence-electron chi connectivity index (χ2n) is 4.20. The summed E-state index contributed by atoms with van der Waals surface area (Å²) in [6.45, 7) is 2.87. The van der Waals surface area contributed by atoms with Crippen molar-refractivity contribution in [1.29, 1.82) is 0 Å². The molecule has 108 valence electrons. The van der Waals surface area contributed by atoms with E-state index in [4.69, 9.17) is 4.42 Å². The molecule has 20 heavy (non-hydrogen) atoms. The van der Waals surface area contributed by atoms with Gasteiger partial charge in [0, 0.05) is 6.54 Å². The first-order valence-corrected chi connectivity index (χ1v) is 8.43. The van der Waals surface area contributed by atoms with Crippen molar-refractivity contribution in [1.82, 2.24) is 15.5 Å². The van der Waals surface area contributed by atoms with Crippen molar-refractivity contribution in [2.24, 2.45) is 0 Å². The lowest BCUT2D eigenvalue weighted by Gasteiger charge is -2.02. The van der Waals surface area contributed by atoms with E-state index in [9.17, 15) is 4.79 Å². The Bertz CT molecular complexity index is 525. The zero-order valence-corrected chi connectivity index (χ0v) is 12.9. The number of carbonyl (C=O) groups is 1. The van der Waals surface area contributed by atoms with Gasteiger partial charge in [-0.25, -0.2) is 0 Å². The van der Waals surface area contributed by atoms with Gasteiger partial charge in [0.2, 0.25) is 5.91 Å². The molecule has 2 heterocycles. The Kier molecular flexibility index (Phi) is 6.07. The number of aromatic nitrogens is 2. The zero-order valence-electron chi connectivity index (χ0n) is 11.3. The van der Waals surface area contributed by atoms with Crippen LogP contribution in [0.3, 0.4) is 0 Å². The van der Waals surface area contributed by atoms with Gasteiger partial charge in [0.25, 0.3) is 11.1 Å². The molecule has 2 aromatic rings. The molecule has 7 heteroatoms. The van der Waals surface area contributed by atoms with Crippen molar-refractivity contribution < 1.29 is 9.21 Å². The minimum absolute atomic E-state index is 0.00183. The normalized spacial score (nSPS) is 10.7. The van der Waals surface area contributed by atoms with Crippen LogP contribution in [-0.4, -0.2) is 28.4 Å². The molecule has 2 rings (SSSR count). The molecule has 0 saturated heterocycles. The first-order chi connectivity index (χ1) is 9.79. The summed E-state index contributed by atoms with van der Waals surface area (Å²) in [7, 11) is 0. The number of thioether (sulfide) groups is 1. The maximum atomic E-state index is 11.6. The first kappa shape index (κ1) is 15.1. The molecule has 0 fully saturated rings. The summed E-state index contributed by atoms with van der Waals surface area (Å²) in [5, 5.41) is 13.1. The van der Waals surface area contributed by atoms with Crippen LogP contribution in [0.4, 0.5) is 0 Å². The van der Waals surface area contributed by atoms with Crippen molar-refractivity contribution in [3.8, 4) is 10.8 Å². The fourth-order valence-electron chi connectivity index (χ4n) is 1.55. The van der Waals surface area contributed by atoms with Crippen molar-refractivity contribution in [2.75, 3.05) is 12.3 Å². The van der Waals surface area contributed by atoms with Gasteiger partial charge in [-0.2, -0.15) is 0 Å². The van der Waals surface area contributed by atoms with Gasteiger partial charge in [0.1, 0.15) is 0 Å². The number of unbranched alkanes of at least 4 members (excludes halogenated alkanes) is 2. The van der Waals surface area contributed by atoms with Crippen LogP contribution >= 0.6 is 23.1 Å². The molecular formula is C13H17N3O2S2. The van der Waals surface area contributed by atoms with Gasteiger partial charge in [-0.15, -0.1) is 21.5 Å². The quantitative estimate of drug-likeness (QED) is 0.599. The van der Waals surface area contributed by atoms with Crippen LogP contribution < -0.4 is 5.32 Å². The lowest BCUT2D eigenvalue weighted by molar-refractivity contribution is -0.118. The van der Waals surface area contributed by atoms with Crippen LogP contribution in [0.25, 0.3) is 10.8 Å². The molecule has 5 nitrogen and oxygen atoms in total. The number of thiophene rings is 1. The molecule has 0 aliphatic heterocycles. The maximum absolute atomic E-state index is 11.6. The minimum Gasteiger partial charge on any atom is -0.410 e. The molecule has 0 spiro atoms. The van der Waals surface area contributed by atoms with Gasteiger partial charge in [-0.05, 0) is 17.9 Å². The highest BCUT2D eigenvalue weighted by molar-refractivity contribution is 7.99. The van der Waals surface area contributed by atoms with E-state index in [0.29, 0.717) is 16.9 Å². The van der Waals surface area contributed by atoms with Crippen LogP contribution in [0.2, 0.25) is 0 Å². The van der Waals surface area contributed by atoms with Gasteiger partial charge in [0.15, 0.2) is 0 Å². The Hall–Kier alpha value is -1.34. The molecule has 2 aromatic heterocycles. The molecule has 1 N–H and O–H groups in total. The Morgan fingerprint density at radius 3 is 3.10 bits per heavy atom. The summed E-state index contributed by atoms with van der Waals surface area (Å²) < 4.78 is 5.49. The lowest BCUT2D eigenvalue weighted by Crippen LogP contribution is -2.26. The largest absolute Gasteiger partial charge is 0.410 e. The molecule has 0 radical (unpaired) electrons. The highest BCUT2D eigenvalue weighted by Gasteiger charge is 2.11. The average Bonchev–Trinajstić information content (AvgIpc) is 3.11. The Labute approximate surface area is 126 Å². The van der Waals surface area contributed by atoms with Crippen LogP contribution in [0, 0.1) is 0 Å². The third-order valence-electron chi connectivity index (χ3n) is 2.57. The lowest BCUT2D eigenvalue weighted by atomic mass is 10.2. The van der Waals surface area contributed by atoms with Gasteiger partial charge in [-0.1, -0.05) is 37.6 Å². The summed E-state index contributed by atoms with van der Waals surface area (Å²) in [6.07, 6.45) is 3.31. The summed E-state index contributed by atoms with van der Waals surface area (Å²) >= 11 is 2.81. The summed E-state index contributed by atoms with van der Waals surface area (Å²) in [6, 6.07) is 3.85. The molecule has 0 aromatic carbocycles. The average molecular weight is 311 g/mol. The molecule has 0 unspecified atom stereocenters. The number of amides is 1. The van der Waals surface area contributed by atoms with Crippen molar-refractivity contribution >= 4 is 29.0 Å². The zero-order chi connectivity index (χ0) is 14.2. The highest BCUT2D eigenvalue weighted by Crippen LogP contribution is 2.26. The van der Waals surface area contributed by atoms with E-state index in [1.54, 1.807) is 11.3 Å². The van der Waals surface area contributed by atoms with Crippen molar-refractivity contribution in [2.45, 2.75) is 31.4 Å². The third kappa shape index (κ3) is 4.64. The van der Waals surface area contributed by atoms with Gasteiger partial charge in [0.05, 0.1) is 10.6 Å². The predicted octanol–water partition coefficient (Wildman–Crippen LogP) is 3.20. The van der Waals surface area contributed by atoms with Crippen molar-refractivity contribution in [3.63, 3.8) is 0 Å². The first-order valence-electron chi connectivity index (χ1n) is 6.56. The fourth-order valence-corrected chi connectivity index (χ4v) is 2.79. The van der Waals surface area contributed by atoms with E-state index in [1.807, 2.05) is 17.5 Å². The van der Waals surface area contributed by atoms with E-state index >= 15 is 0 Å². The number of nitrogens with one attached hydrogen (secondary N) is 1. The second kappa shape index (κ2) is 8.06. The van der Waals surface area contributed by atoms with Crippen LogP contribution in [0.5, 0.6) is 0 Å². The Morgan fingerprint density at radius 2 is 2.35 bits per heavy atom. The minimum atomic E-state index is 0.00183. The number of hydrogen-bond acceptors (Lipinski definition) is 6. The summed E-state index contributed by atoms with van der Waals surface area (Å²) in [4.78, 5) is 12.5. The Morgan fingerprint density at radius 1 is 1.45 bits per heavy atom. The van der Waals surface area contributed by atoms with E-state index in [-0.39, 0.29) is 5.91 Å². The predicted molar refractivity (Wildman–Crippen MR) is 80.9 cm³/mol. The molecule has 0 bridgehead atoms. The van der Waals surface area contributed by atoms with E-state index in [0.717, 1.165) is 30.7 Å². The van der Waals surface area contributed by atoms with Crippen LogP contribution in [0.15, 0.2) is 27.2 Å². The SMILES string of the molecule is CCCCCNC(=O)CSc1nnc(-c2cccs2)o1. The molecule has 1 amide bonds. The van der Waals surface area contributed by atoms with Crippen molar-refractivity contribution in [3.05, 3.63) is 17.5 Å². The number of carbonyl (C=O) groups excluding carboxylic acids is 1. The number of rotatable bonds is 8. The molecule has 0 aliphatic carbocycles. The molecular weight excluding hydrogens is 294 g/mol. The van der Waals surface area contributed by atoms with E-state index in [1.165, 1.54) is 11.8 Å². The van der Waals surface area contributed by atoms with Gasteiger partial charge in [-0.3, -0.25) is 4.79 Å². The van der Waals surface area contributed by atoms with Gasteiger partial charge < -0.3 is 9.73 Å². The third-order valence-corrected chi connectivity index (χ3v) is 4.24. The van der Waals surface area contributed by atoms with Gasteiger partial charge >= 0.3 is 0 Å². The topological polar surface area (TPSA) is 68.0 Å². The standard InChI is InChI=1S/C13H17N3O2S2/c1-2-3-4-7-14-11(17)9-20-13-16-15-12(18-13)10-6-5-8-19-10/h5-6,8H,2-4,7,9H2,1H3,(H,14,17). The molecule has 0 saturated carbocycles. The monoisotopic (exact) mass is 311 g/mol. The summed E-state index contributed by atoms with van der Waals surface area (Å²) in [5.41, 5.74) is 0. The summed E-state index contributed by atoms with van der Waals surface area (Å²) in [5.74, 6) is 0.811. The second-order valence-corrected chi connectivity index (χ2v) is 6.07. The maximum Gasteiger partial charge on any atom is 0.277 e. The van der Waals surface area contributed by atoms with Crippen LogP contribution in [0.1, 0.15) is 26.2 Å². The van der Waals surface area contributed by atoms with E-state index < -0.39 is 0 Å². The van der Waals surface area contributed by atoms with E-state index in [2.05, 4.69) is 22.4 Å². The molecule has 0 atom stereocenters. The number of nitrogens with zero attached hydrogens (tertiary/aromatic N) is 2. The van der Waals surface area contributed by atoms with Crippen LogP contribution in [-0.2, 0) is 4.79 Å². The fraction of sp³-hybridized carbons (Fsp3) is 0.462. The molecule has 0 aliphatic rings. The smallest absolute Gasteiger partial charge is 0.277 e. The highest BCUT2D eigenvalue weighted by atomic mass is 32.2. The Balaban J connectivity index is 1.73.